The lowest BCUT2D eigenvalue weighted by Crippen LogP contribution is -2.27. The molecule has 0 spiro atoms. The Morgan fingerprint density at radius 1 is 1.16 bits per heavy atom. The van der Waals surface area contributed by atoms with Crippen molar-refractivity contribution in [3.8, 4) is 23.1 Å². The van der Waals surface area contributed by atoms with E-state index in [4.69, 9.17) is 4.74 Å². The smallest absolute Gasteiger partial charge is 0.200 e. The van der Waals surface area contributed by atoms with E-state index in [9.17, 15) is 4.79 Å². The SMILES string of the molecule is O=c1cnn(CC2CCCCO2)c(-c2ccc(C#CC3CC3)cc2)c1. The van der Waals surface area contributed by atoms with Crippen LogP contribution < -0.4 is 5.43 Å². The van der Waals surface area contributed by atoms with Gasteiger partial charge >= 0.3 is 0 Å². The molecule has 1 aliphatic carbocycles. The Kier molecular flexibility index (Phi) is 4.67. The van der Waals surface area contributed by atoms with Crippen molar-refractivity contribution in [2.24, 2.45) is 5.92 Å². The van der Waals surface area contributed by atoms with E-state index in [-0.39, 0.29) is 11.5 Å². The number of benzene rings is 1. The molecule has 2 aromatic rings. The first-order valence-corrected chi connectivity index (χ1v) is 9.09. The van der Waals surface area contributed by atoms with E-state index in [0.29, 0.717) is 12.5 Å². The molecule has 2 heterocycles. The van der Waals surface area contributed by atoms with E-state index in [1.807, 2.05) is 28.9 Å². The monoisotopic (exact) mass is 334 g/mol. The summed E-state index contributed by atoms with van der Waals surface area (Å²) >= 11 is 0. The molecule has 2 aliphatic rings. The lowest BCUT2D eigenvalue weighted by Gasteiger charge is -2.24. The maximum atomic E-state index is 11.8. The van der Waals surface area contributed by atoms with Gasteiger partial charge in [-0.2, -0.15) is 5.10 Å². The number of hydrogen-bond donors (Lipinski definition) is 0. The highest BCUT2D eigenvalue weighted by Gasteiger charge is 2.18. The van der Waals surface area contributed by atoms with Crippen LogP contribution in [-0.4, -0.2) is 22.5 Å². The largest absolute Gasteiger partial charge is 0.376 e. The van der Waals surface area contributed by atoms with Crippen LogP contribution in [0.5, 0.6) is 0 Å². The minimum atomic E-state index is -0.0755. The third-order valence-corrected chi connectivity index (χ3v) is 4.71. The number of rotatable bonds is 3. The van der Waals surface area contributed by atoms with Gasteiger partial charge in [-0.3, -0.25) is 9.48 Å². The average Bonchev–Trinajstić information content (AvgIpc) is 3.47. The quantitative estimate of drug-likeness (QED) is 0.810. The fraction of sp³-hybridized carbons (Fsp3) is 0.429. The van der Waals surface area contributed by atoms with Crippen LogP contribution in [-0.2, 0) is 11.3 Å². The Morgan fingerprint density at radius 2 is 2.00 bits per heavy atom. The second-order valence-corrected chi connectivity index (χ2v) is 6.87. The molecule has 4 heteroatoms. The van der Waals surface area contributed by atoms with Gasteiger partial charge in [-0.25, -0.2) is 0 Å². The van der Waals surface area contributed by atoms with Crippen LogP contribution in [0.2, 0.25) is 0 Å². The molecule has 1 unspecified atom stereocenters. The summed E-state index contributed by atoms with van der Waals surface area (Å²) in [5, 5.41) is 4.34. The molecule has 0 amide bonds. The molecule has 0 bridgehead atoms. The number of hydrogen-bond acceptors (Lipinski definition) is 3. The van der Waals surface area contributed by atoms with Crippen molar-refractivity contribution >= 4 is 0 Å². The summed E-state index contributed by atoms with van der Waals surface area (Å²) in [6.45, 7) is 1.49. The van der Waals surface area contributed by atoms with Gasteiger partial charge in [0, 0.05) is 24.2 Å². The van der Waals surface area contributed by atoms with Crippen molar-refractivity contribution in [3.05, 3.63) is 52.3 Å². The summed E-state index contributed by atoms with van der Waals surface area (Å²) in [6, 6.07) is 9.73. The summed E-state index contributed by atoms with van der Waals surface area (Å²) in [4.78, 5) is 11.8. The molecular weight excluding hydrogens is 312 g/mol. The van der Waals surface area contributed by atoms with Crippen molar-refractivity contribution in [1.29, 1.82) is 0 Å². The molecule has 0 N–H and O–H groups in total. The maximum absolute atomic E-state index is 11.8. The molecular formula is C21H22N2O2. The predicted octanol–water partition coefficient (Wildman–Crippen LogP) is 3.24. The van der Waals surface area contributed by atoms with Gasteiger partial charge in [-0.05, 0) is 49.8 Å². The summed E-state index contributed by atoms with van der Waals surface area (Å²) in [5.74, 6) is 7.09. The van der Waals surface area contributed by atoms with Crippen molar-refractivity contribution in [2.75, 3.05) is 6.61 Å². The first-order chi connectivity index (χ1) is 12.3. The van der Waals surface area contributed by atoms with Crippen LogP contribution in [0.1, 0.15) is 37.7 Å². The van der Waals surface area contributed by atoms with Crippen LogP contribution in [0, 0.1) is 17.8 Å². The van der Waals surface area contributed by atoms with E-state index in [2.05, 4.69) is 16.9 Å². The first kappa shape index (κ1) is 16.1. The minimum absolute atomic E-state index is 0.0755. The second kappa shape index (κ2) is 7.25. The molecule has 0 radical (unpaired) electrons. The Hall–Kier alpha value is -2.38. The van der Waals surface area contributed by atoms with Crippen molar-refractivity contribution in [1.82, 2.24) is 9.78 Å². The molecule has 1 saturated heterocycles. The third-order valence-electron chi connectivity index (χ3n) is 4.71. The van der Waals surface area contributed by atoms with Crippen LogP contribution in [0.3, 0.4) is 0 Å². The normalized spacial score (nSPS) is 19.9. The summed E-state index contributed by atoms with van der Waals surface area (Å²) < 4.78 is 7.72. The average molecular weight is 334 g/mol. The lowest BCUT2D eigenvalue weighted by molar-refractivity contribution is 0.00403. The van der Waals surface area contributed by atoms with E-state index in [1.54, 1.807) is 6.07 Å². The van der Waals surface area contributed by atoms with Gasteiger partial charge in [0.2, 0.25) is 5.43 Å². The van der Waals surface area contributed by atoms with E-state index >= 15 is 0 Å². The van der Waals surface area contributed by atoms with Crippen LogP contribution in [0.25, 0.3) is 11.3 Å². The topological polar surface area (TPSA) is 44.1 Å². The summed E-state index contributed by atoms with van der Waals surface area (Å²) in [5.41, 5.74) is 2.76. The van der Waals surface area contributed by atoms with Crippen LogP contribution >= 0.6 is 0 Å². The zero-order valence-corrected chi connectivity index (χ0v) is 14.3. The Balaban J connectivity index is 1.58. The number of aromatic nitrogens is 2. The molecule has 4 nitrogen and oxygen atoms in total. The van der Waals surface area contributed by atoms with E-state index < -0.39 is 0 Å². The fourth-order valence-corrected chi connectivity index (χ4v) is 3.09. The first-order valence-electron chi connectivity index (χ1n) is 9.09. The molecule has 4 rings (SSSR count). The predicted molar refractivity (Wildman–Crippen MR) is 97.1 cm³/mol. The lowest BCUT2D eigenvalue weighted by atomic mass is 10.1. The molecule has 25 heavy (non-hydrogen) atoms. The van der Waals surface area contributed by atoms with E-state index in [0.717, 1.165) is 36.3 Å². The van der Waals surface area contributed by atoms with Crippen molar-refractivity contribution in [2.45, 2.75) is 44.8 Å². The highest BCUT2D eigenvalue weighted by atomic mass is 16.5. The highest BCUT2D eigenvalue weighted by Crippen LogP contribution is 2.27. The van der Waals surface area contributed by atoms with Gasteiger partial charge in [0.1, 0.15) is 0 Å². The van der Waals surface area contributed by atoms with Crippen LogP contribution in [0.15, 0.2) is 41.3 Å². The molecule has 128 valence electrons. The molecule has 2 fully saturated rings. The van der Waals surface area contributed by atoms with Gasteiger partial charge in [0.25, 0.3) is 0 Å². The minimum Gasteiger partial charge on any atom is -0.376 e. The summed E-state index contributed by atoms with van der Waals surface area (Å²) in [7, 11) is 0. The van der Waals surface area contributed by atoms with E-state index in [1.165, 1.54) is 25.5 Å². The zero-order valence-electron chi connectivity index (χ0n) is 14.3. The van der Waals surface area contributed by atoms with Crippen molar-refractivity contribution in [3.63, 3.8) is 0 Å². The third kappa shape index (κ3) is 4.18. The molecule has 1 atom stereocenters. The summed E-state index contributed by atoms with van der Waals surface area (Å²) in [6.07, 6.45) is 7.38. The Labute approximate surface area is 147 Å². The highest BCUT2D eigenvalue weighted by molar-refractivity contribution is 5.60. The number of nitrogens with zero attached hydrogens (tertiary/aromatic N) is 2. The second-order valence-electron chi connectivity index (χ2n) is 6.87. The zero-order chi connectivity index (χ0) is 17.1. The molecule has 1 aromatic carbocycles. The van der Waals surface area contributed by atoms with Gasteiger partial charge in [0.15, 0.2) is 0 Å². The fourth-order valence-electron chi connectivity index (χ4n) is 3.09. The molecule has 1 saturated carbocycles. The Bertz CT molecular complexity index is 848. The van der Waals surface area contributed by atoms with Crippen molar-refractivity contribution < 1.29 is 4.74 Å². The standard InChI is InChI=1S/C21H22N2O2/c24-19-13-21(23(22-14-19)15-20-3-1-2-12-25-20)18-10-8-17(9-11-18)7-6-16-4-5-16/h8-11,13-14,16,20H,1-5,12,15H2. The van der Waals surface area contributed by atoms with Gasteiger partial charge in [-0.15, -0.1) is 0 Å². The Morgan fingerprint density at radius 3 is 2.72 bits per heavy atom. The molecule has 1 aliphatic heterocycles. The maximum Gasteiger partial charge on any atom is 0.200 e. The van der Waals surface area contributed by atoms with Gasteiger partial charge < -0.3 is 4.74 Å². The number of ether oxygens (including phenoxy) is 1. The van der Waals surface area contributed by atoms with Crippen LogP contribution in [0.4, 0.5) is 0 Å². The molecule has 1 aromatic heterocycles. The van der Waals surface area contributed by atoms with Gasteiger partial charge in [0.05, 0.1) is 24.5 Å². The van der Waals surface area contributed by atoms with Gasteiger partial charge in [-0.1, -0.05) is 24.0 Å².